The maximum Gasteiger partial charge on any atom is 0.311 e. The molecule has 6 nitrogen and oxygen atoms in total. The smallest absolute Gasteiger partial charge is 0.311 e. The van der Waals surface area contributed by atoms with Gasteiger partial charge in [0.2, 0.25) is 5.88 Å². The fourth-order valence-electron chi connectivity index (χ4n) is 2.38. The first-order valence-corrected chi connectivity index (χ1v) is 6.24. The maximum atomic E-state index is 11.2. The van der Waals surface area contributed by atoms with Crippen LogP contribution in [0.3, 0.4) is 0 Å². The van der Waals surface area contributed by atoms with Crippen LogP contribution in [0.2, 0.25) is 0 Å². The molecule has 0 amide bonds. The van der Waals surface area contributed by atoms with E-state index in [9.17, 15) is 9.90 Å². The Morgan fingerprint density at radius 3 is 3.05 bits per heavy atom. The van der Waals surface area contributed by atoms with Crippen molar-refractivity contribution in [2.45, 2.75) is 13.0 Å². The number of aliphatic carboxylic acids is 1. The van der Waals surface area contributed by atoms with Gasteiger partial charge in [-0.05, 0) is 13.0 Å². The van der Waals surface area contributed by atoms with Crippen LogP contribution in [0.25, 0.3) is 0 Å². The van der Waals surface area contributed by atoms with Gasteiger partial charge in [0.1, 0.15) is 5.92 Å². The Kier molecular flexibility index (Phi) is 4.21. The number of pyridine rings is 1. The fraction of sp³-hybridized carbons (Fsp3) is 0.538. The summed E-state index contributed by atoms with van der Waals surface area (Å²) < 4.78 is 10.4. The van der Waals surface area contributed by atoms with Crippen LogP contribution in [0.15, 0.2) is 18.3 Å². The van der Waals surface area contributed by atoms with E-state index in [1.807, 2.05) is 17.9 Å². The summed E-state index contributed by atoms with van der Waals surface area (Å²) in [6, 6.07) is 3.50. The van der Waals surface area contributed by atoms with E-state index >= 15 is 0 Å². The number of aromatic nitrogens is 1. The van der Waals surface area contributed by atoms with Crippen molar-refractivity contribution in [2.24, 2.45) is 5.92 Å². The number of carboxylic acid groups (broad SMARTS) is 1. The van der Waals surface area contributed by atoms with Crippen molar-refractivity contribution in [2.75, 3.05) is 31.8 Å². The van der Waals surface area contributed by atoms with Crippen molar-refractivity contribution in [1.29, 1.82) is 0 Å². The number of carboxylic acids is 1. The van der Waals surface area contributed by atoms with Gasteiger partial charge in [-0.3, -0.25) is 4.79 Å². The van der Waals surface area contributed by atoms with E-state index in [1.165, 1.54) is 0 Å². The van der Waals surface area contributed by atoms with Crippen LogP contribution in [0.5, 0.6) is 5.88 Å². The molecule has 2 atom stereocenters. The molecule has 2 unspecified atom stereocenters. The molecule has 1 aromatic heterocycles. The molecule has 0 bridgehead atoms. The highest BCUT2D eigenvalue weighted by Gasteiger charge is 2.37. The van der Waals surface area contributed by atoms with Crippen molar-refractivity contribution in [3.8, 4) is 5.88 Å². The summed E-state index contributed by atoms with van der Waals surface area (Å²) in [7, 11) is 1.56. The van der Waals surface area contributed by atoms with Crippen molar-refractivity contribution < 1.29 is 19.4 Å². The molecule has 0 spiro atoms. The Bertz CT molecular complexity index is 452. The number of hydrogen-bond acceptors (Lipinski definition) is 5. The average molecular weight is 266 g/mol. The maximum absolute atomic E-state index is 11.2. The zero-order valence-electron chi connectivity index (χ0n) is 11.1. The fourth-order valence-corrected chi connectivity index (χ4v) is 2.38. The molecule has 1 N–H and O–H groups in total. The van der Waals surface area contributed by atoms with Crippen molar-refractivity contribution >= 4 is 11.7 Å². The lowest BCUT2D eigenvalue weighted by molar-refractivity contribution is -0.141. The van der Waals surface area contributed by atoms with Crippen molar-refractivity contribution in [1.82, 2.24) is 4.98 Å². The second-order valence-corrected chi connectivity index (χ2v) is 4.39. The molecule has 1 fully saturated rings. The van der Waals surface area contributed by atoms with Gasteiger partial charge in [0.05, 0.1) is 26.4 Å². The lowest BCUT2D eigenvalue weighted by Crippen LogP contribution is -2.43. The molecule has 0 aromatic carbocycles. The summed E-state index contributed by atoms with van der Waals surface area (Å²) in [6.45, 7) is 3.38. The SMILES string of the molecule is CCN(c1ccnc(OC)c1)C1COCC1C(=O)O. The van der Waals surface area contributed by atoms with E-state index in [2.05, 4.69) is 4.98 Å². The van der Waals surface area contributed by atoms with Gasteiger partial charge < -0.3 is 19.5 Å². The third-order valence-corrected chi connectivity index (χ3v) is 3.37. The molecule has 2 heterocycles. The molecule has 0 radical (unpaired) electrons. The lowest BCUT2D eigenvalue weighted by Gasteiger charge is -2.31. The second-order valence-electron chi connectivity index (χ2n) is 4.39. The Morgan fingerprint density at radius 1 is 1.63 bits per heavy atom. The number of nitrogens with zero attached hydrogens (tertiary/aromatic N) is 2. The van der Waals surface area contributed by atoms with E-state index in [1.54, 1.807) is 19.4 Å². The highest BCUT2D eigenvalue weighted by atomic mass is 16.5. The molecule has 2 rings (SSSR count). The van der Waals surface area contributed by atoms with E-state index in [0.717, 1.165) is 5.69 Å². The largest absolute Gasteiger partial charge is 0.481 e. The van der Waals surface area contributed by atoms with Crippen LogP contribution in [0, 0.1) is 5.92 Å². The van der Waals surface area contributed by atoms with Crippen molar-refractivity contribution in [3.63, 3.8) is 0 Å². The number of likely N-dealkylation sites (N-methyl/N-ethyl adjacent to an activating group) is 1. The minimum absolute atomic E-state index is 0.158. The quantitative estimate of drug-likeness (QED) is 0.857. The summed E-state index contributed by atoms with van der Waals surface area (Å²) in [5.41, 5.74) is 0.899. The Balaban J connectivity index is 2.25. The molecule has 1 aromatic rings. The molecule has 0 aliphatic carbocycles. The molecule has 19 heavy (non-hydrogen) atoms. The number of rotatable bonds is 5. The first-order valence-electron chi connectivity index (χ1n) is 6.24. The van der Waals surface area contributed by atoms with Gasteiger partial charge in [-0.1, -0.05) is 0 Å². The van der Waals surface area contributed by atoms with Gasteiger partial charge in [0, 0.05) is 24.5 Å². The summed E-state index contributed by atoms with van der Waals surface area (Å²) >= 11 is 0. The normalized spacial score (nSPS) is 22.2. The van der Waals surface area contributed by atoms with E-state index in [4.69, 9.17) is 9.47 Å². The molecule has 1 aliphatic rings. The topological polar surface area (TPSA) is 71.9 Å². The standard InChI is InChI=1S/C13H18N2O4/c1-3-15(9-4-5-14-12(6-9)18-2)11-8-19-7-10(11)13(16)17/h4-6,10-11H,3,7-8H2,1-2H3,(H,16,17). The number of ether oxygens (including phenoxy) is 2. The number of anilines is 1. The third-order valence-electron chi connectivity index (χ3n) is 3.37. The summed E-state index contributed by atoms with van der Waals surface area (Å²) in [4.78, 5) is 17.3. The average Bonchev–Trinajstić information content (AvgIpc) is 2.89. The summed E-state index contributed by atoms with van der Waals surface area (Å²) in [5.74, 6) is -0.803. The molecular formula is C13H18N2O4. The molecular weight excluding hydrogens is 248 g/mol. The number of hydrogen-bond donors (Lipinski definition) is 1. The van der Waals surface area contributed by atoms with Gasteiger partial charge in [-0.15, -0.1) is 0 Å². The first-order chi connectivity index (χ1) is 9.17. The van der Waals surface area contributed by atoms with Gasteiger partial charge >= 0.3 is 5.97 Å². The molecule has 6 heteroatoms. The van der Waals surface area contributed by atoms with Crippen LogP contribution in [-0.2, 0) is 9.53 Å². The van der Waals surface area contributed by atoms with Gasteiger partial charge in [0.25, 0.3) is 0 Å². The van der Waals surface area contributed by atoms with E-state index in [-0.39, 0.29) is 12.6 Å². The van der Waals surface area contributed by atoms with Crippen LogP contribution in [0.1, 0.15) is 6.92 Å². The number of carbonyl (C=O) groups is 1. The molecule has 104 valence electrons. The molecule has 0 saturated carbocycles. The predicted octanol–water partition coefficient (Wildman–Crippen LogP) is 1.02. The number of methoxy groups -OCH3 is 1. The van der Waals surface area contributed by atoms with Crippen LogP contribution in [-0.4, -0.2) is 49.0 Å². The summed E-state index contributed by atoms with van der Waals surface area (Å²) in [6.07, 6.45) is 1.66. The second kappa shape index (κ2) is 5.88. The molecule has 1 aliphatic heterocycles. The Morgan fingerprint density at radius 2 is 2.42 bits per heavy atom. The Hall–Kier alpha value is -1.82. The van der Waals surface area contributed by atoms with E-state index < -0.39 is 11.9 Å². The minimum Gasteiger partial charge on any atom is -0.481 e. The zero-order chi connectivity index (χ0) is 13.8. The van der Waals surface area contributed by atoms with Gasteiger partial charge in [-0.25, -0.2) is 4.98 Å². The van der Waals surface area contributed by atoms with Crippen LogP contribution >= 0.6 is 0 Å². The molecule has 1 saturated heterocycles. The summed E-state index contributed by atoms with van der Waals surface area (Å²) in [5, 5.41) is 9.23. The highest BCUT2D eigenvalue weighted by Crippen LogP contribution is 2.27. The van der Waals surface area contributed by atoms with Crippen molar-refractivity contribution in [3.05, 3.63) is 18.3 Å². The third kappa shape index (κ3) is 2.78. The Labute approximate surface area is 112 Å². The monoisotopic (exact) mass is 266 g/mol. The zero-order valence-corrected chi connectivity index (χ0v) is 11.1. The van der Waals surface area contributed by atoms with Crippen LogP contribution in [0.4, 0.5) is 5.69 Å². The first kappa shape index (κ1) is 13.6. The van der Waals surface area contributed by atoms with Gasteiger partial charge in [-0.2, -0.15) is 0 Å². The van der Waals surface area contributed by atoms with E-state index in [0.29, 0.717) is 19.0 Å². The minimum atomic E-state index is -0.818. The van der Waals surface area contributed by atoms with Crippen LogP contribution < -0.4 is 9.64 Å². The van der Waals surface area contributed by atoms with Gasteiger partial charge in [0.15, 0.2) is 0 Å². The lowest BCUT2D eigenvalue weighted by atomic mass is 10.0. The highest BCUT2D eigenvalue weighted by molar-refractivity contribution is 5.72. The predicted molar refractivity (Wildman–Crippen MR) is 69.5 cm³/mol.